The number of hydrogen-bond acceptors (Lipinski definition) is 4. The van der Waals surface area contributed by atoms with Gasteiger partial charge in [-0.2, -0.15) is 0 Å². The van der Waals surface area contributed by atoms with E-state index in [1.165, 1.54) is 4.90 Å². The predicted octanol–water partition coefficient (Wildman–Crippen LogP) is 1.80. The van der Waals surface area contributed by atoms with Crippen LogP contribution in [0.15, 0.2) is 36.4 Å². The maximum absolute atomic E-state index is 12.6. The van der Waals surface area contributed by atoms with Crippen LogP contribution in [0.2, 0.25) is 0 Å². The van der Waals surface area contributed by atoms with Crippen LogP contribution in [0.5, 0.6) is 0 Å². The summed E-state index contributed by atoms with van der Waals surface area (Å²) in [4.78, 5) is 26.6. The first-order valence-corrected chi connectivity index (χ1v) is 7.93. The number of benzene rings is 2. The monoisotopic (exact) mass is 312 g/mol. The van der Waals surface area contributed by atoms with Gasteiger partial charge in [-0.25, -0.2) is 0 Å². The molecule has 0 aromatic heterocycles. The van der Waals surface area contributed by atoms with E-state index in [0.717, 1.165) is 17.3 Å². The minimum Gasteiger partial charge on any atom is -0.396 e. The van der Waals surface area contributed by atoms with Gasteiger partial charge in [0.25, 0.3) is 11.8 Å². The van der Waals surface area contributed by atoms with Crippen molar-refractivity contribution in [2.45, 2.75) is 12.8 Å². The van der Waals surface area contributed by atoms with Gasteiger partial charge in [-0.3, -0.25) is 14.5 Å². The summed E-state index contributed by atoms with van der Waals surface area (Å²) in [6, 6.07) is 11.1. The van der Waals surface area contributed by atoms with Crippen LogP contribution in [0.25, 0.3) is 10.8 Å². The van der Waals surface area contributed by atoms with Crippen molar-refractivity contribution >= 4 is 22.6 Å². The van der Waals surface area contributed by atoms with Crippen LogP contribution in [0.3, 0.4) is 0 Å². The van der Waals surface area contributed by atoms with Crippen molar-refractivity contribution in [3.05, 3.63) is 47.5 Å². The first-order chi connectivity index (χ1) is 11.2. The lowest BCUT2D eigenvalue weighted by Crippen LogP contribution is -2.41. The van der Waals surface area contributed by atoms with Gasteiger partial charge in [0, 0.05) is 29.7 Å². The van der Waals surface area contributed by atoms with Crippen LogP contribution >= 0.6 is 0 Å². The number of aliphatic hydroxyl groups is 1. The molecular weight excluding hydrogens is 292 g/mol. The Morgan fingerprint density at radius 2 is 1.52 bits per heavy atom. The van der Waals surface area contributed by atoms with Gasteiger partial charge in [-0.1, -0.05) is 24.3 Å². The highest BCUT2D eigenvalue weighted by molar-refractivity contribution is 6.25. The maximum atomic E-state index is 12.6. The zero-order valence-electron chi connectivity index (χ0n) is 12.9. The number of hydrogen-bond donors (Lipinski definition) is 2. The van der Waals surface area contributed by atoms with E-state index in [9.17, 15) is 9.59 Å². The SMILES string of the molecule is O=C1c2cccc3cccc(c23)C(=O)N1CCCNCCCO. The third-order valence-electron chi connectivity index (χ3n) is 4.10. The molecule has 0 atom stereocenters. The molecule has 0 spiro atoms. The molecule has 5 nitrogen and oxygen atoms in total. The quantitative estimate of drug-likeness (QED) is 0.604. The van der Waals surface area contributed by atoms with E-state index >= 15 is 0 Å². The molecule has 1 aliphatic heterocycles. The minimum atomic E-state index is -0.213. The Balaban J connectivity index is 1.75. The van der Waals surface area contributed by atoms with Crippen LogP contribution in [0.4, 0.5) is 0 Å². The summed E-state index contributed by atoms with van der Waals surface area (Å²) in [5, 5.41) is 13.6. The van der Waals surface area contributed by atoms with E-state index in [1.54, 1.807) is 12.1 Å². The highest BCUT2D eigenvalue weighted by Crippen LogP contribution is 2.29. The Hall–Kier alpha value is -2.24. The average molecular weight is 312 g/mol. The van der Waals surface area contributed by atoms with E-state index in [0.29, 0.717) is 37.1 Å². The maximum Gasteiger partial charge on any atom is 0.261 e. The van der Waals surface area contributed by atoms with Crippen LogP contribution in [0, 0.1) is 0 Å². The number of imide groups is 1. The second kappa shape index (κ2) is 6.89. The smallest absolute Gasteiger partial charge is 0.261 e. The highest BCUT2D eigenvalue weighted by atomic mass is 16.3. The van der Waals surface area contributed by atoms with E-state index in [2.05, 4.69) is 5.32 Å². The lowest BCUT2D eigenvalue weighted by molar-refractivity contribution is 0.0609. The molecule has 1 heterocycles. The third kappa shape index (κ3) is 2.98. The molecule has 3 rings (SSSR count). The Morgan fingerprint density at radius 3 is 2.13 bits per heavy atom. The summed E-state index contributed by atoms with van der Waals surface area (Å²) in [6.07, 6.45) is 1.40. The number of amides is 2. The van der Waals surface area contributed by atoms with E-state index in [4.69, 9.17) is 5.11 Å². The number of nitrogens with one attached hydrogen (secondary N) is 1. The van der Waals surface area contributed by atoms with Crippen molar-refractivity contribution in [2.24, 2.45) is 0 Å². The lowest BCUT2D eigenvalue weighted by atomic mass is 9.94. The summed E-state index contributed by atoms with van der Waals surface area (Å²) in [5.74, 6) is -0.427. The molecule has 0 fully saturated rings. The van der Waals surface area contributed by atoms with Crippen LogP contribution < -0.4 is 5.32 Å². The van der Waals surface area contributed by atoms with Gasteiger partial charge in [0.2, 0.25) is 0 Å². The fourth-order valence-electron chi connectivity index (χ4n) is 2.97. The topological polar surface area (TPSA) is 69.6 Å². The van der Waals surface area contributed by atoms with Gasteiger partial charge in [-0.05, 0) is 43.5 Å². The van der Waals surface area contributed by atoms with Crippen molar-refractivity contribution in [2.75, 3.05) is 26.2 Å². The standard InChI is InChI=1S/C18H20N2O3/c21-12-4-10-19-9-3-11-20-17(22)14-7-1-5-13-6-2-8-15(16(13)14)18(20)23/h1-2,5-8,19,21H,3-4,9-12H2. The van der Waals surface area contributed by atoms with Crippen molar-refractivity contribution < 1.29 is 14.7 Å². The Bertz CT molecular complexity index is 691. The van der Waals surface area contributed by atoms with Crippen molar-refractivity contribution in [1.82, 2.24) is 10.2 Å². The van der Waals surface area contributed by atoms with Gasteiger partial charge in [0.15, 0.2) is 0 Å². The summed E-state index contributed by atoms with van der Waals surface area (Å²) in [5.41, 5.74) is 1.21. The first-order valence-electron chi connectivity index (χ1n) is 7.93. The summed E-state index contributed by atoms with van der Waals surface area (Å²) in [6.45, 7) is 2.01. The molecule has 2 aromatic rings. The molecule has 2 amide bonds. The molecule has 0 aliphatic carbocycles. The summed E-state index contributed by atoms with van der Waals surface area (Å²) in [7, 11) is 0. The zero-order chi connectivity index (χ0) is 16.2. The van der Waals surface area contributed by atoms with E-state index in [-0.39, 0.29) is 18.4 Å². The van der Waals surface area contributed by atoms with E-state index in [1.807, 2.05) is 24.3 Å². The van der Waals surface area contributed by atoms with Crippen LogP contribution in [-0.2, 0) is 0 Å². The van der Waals surface area contributed by atoms with Crippen LogP contribution in [0.1, 0.15) is 33.6 Å². The largest absolute Gasteiger partial charge is 0.396 e. The molecule has 0 unspecified atom stereocenters. The van der Waals surface area contributed by atoms with Crippen molar-refractivity contribution in [3.63, 3.8) is 0 Å². The molecule has 0 saturated heterocycles. The average Bonchev–Trinajstić information content (AvgIpc) is 2.58. The Labute approximate surface area is 134 Å². The van der Waals surface area contributed by atoms with Gasteiger partial charge in [0.1, 0.15) is 0 Å². The fraction of sp³-hybridized carbons (Fsp3) is 0.333. The normalized spacial score (nSPS) is 13.9. The number of carbonyl (C=O) groups excluding carboxylic acids is 2. The van der Waals surface area contributed by atoms with Gasteiger partial charge >= 0.3 is 0 Å². The van der Waals surface area contributed by atoms with Gasteiger partial charge in [0.05, 0.1) is 0 Å². The number of nitrogens with zero attached hydrogens (tertiary/aromatic N) is 1. The highest BCUT2D eigenvalue weighted by Gasteiger charge is 2.31. The molecular formula is C18H20N2O3. The first kappa shape index (κ1) is 15.6. The second-order valence-electron chi connectivity index (χ2n) is 5.65. The second-order valence-corrected chi connectivity index (χ2v) is 5.65. The molecule has 0 bridgehead atoms. The molecule has 2 N–H and O–H groups in total. The minimum absolute atomic E-state index is 0.164. The lowest BCUT2D eigenvalue weighted by Gasteiger charge is -2.27. The molecule has 2 aromatic carbocycles. The molecule has 0 saturated carbocycles. The van der Waals surface area contributed by atoms with E-state index < -0.39 is 0 Å². The molecule has 23 heavy (non-hydrogen) atoms. The van der Waals surface area contributed by atoms with Gasteiger partial charge < -0.3 is 10.4 Å². The summed E-state index contributed by atoms with van der Waals surface area (Å²) < 4.78 is 0. The molecule has 5 heteroatoms. The third-order valence-corrected chi connectivity index (χ3v) is 4.10. The molecule has 0 radical (unpaired) electrons. The van der Waals surface area contributed by atoms with Crippen molar-refractivity contribution in [1.29, 1.82) is 0 Å². The number of carbonyl (C=O) groups is 2. The Kier molecular flexibility index (Phi) is 4.69. The Morgan fingerprint density at radius 1 is 0.913 bits per heavy atom. The van der Waals surface area contributed by atoms with Gasteiger partial charge in [-0.15, -0.1) is 0 Å². The van der Waals surface area contributed by atoms with Crippen LogP contribution in [-0.4, -0.2) is 48.1 Å². The predicted molar refractivity (Wildman–Crippen MR) is 88.5 cm³/mol. The number of rotatable bonds is 7. The van der Waals surface area contributed by atoms with Crippen molar-refractivity contribution in [3.8, 4) is 0 Å². The zero-order valence-corrected chi connectivity index (χ0v) is 12.9. The molecule has 1 aliphatic rings. The molecule has 120 valence electrons. The number of aliphatic hydroxyl groups excluding tert-OH is 1. The summed E-state index contributed by atoms with van der Waals surface area (Å²) >= 11 is 0. The fourth-order valence-corrected chi connectivity index (χ4v) is 2.97.